The molecule has 1 aromatic heterocycles. The molecule has 0 radical (unpaired) electrons. The normalized spacial score (nSPS) is 13.7. The first-order valence-electron chi connectivity index (χ1n) is 3.76. The lowest BCUT2D eigenvalue weighted by molar-refractivity contribution is -0.198. The van der Waals surface area contributed by atoms with E-state index < -0.39 is 18.8 Å². The van der Waals surface area contributed by atoms with Crippen molar-refractivity contribution in [3.05, 3.63) is 18.5 Å². The molecule has 1 atom stereocenters. The maximum atomic E-state index is 11.8. The van der Waals surface area contributed by atoms with Crippen molar-refractivity contribution >= 4 is 5.95 Å². The molecule has 0 fully saturated rings. The van der Waals surface area contributed by atoms with E-state index in [4.69, 9.17) is 5.11 Å². The Morgan fingerprint density at radius 1 is 1.36 bits per heavy atom. The topological polar surface area (TPSA) is 58.0 Å². The van der Waals surface area contributed by atoms with Crippen LogP contribution in [-0.4, -0.2) is 33.9 Å². The van der Waals surface area contributed by atoms with Crippen molar-refractivity contribution in [1.82, 2.24) is 9.97 Å². The molecule has 1 aromatic rings. The van der Waals surface area contributed by atoms with Gasteiger partial charge < -0.3 is 10.4 Å². The van der Waals surface area contributed by atoms with Crippen molar-refractivity contribution in [3.63, 3.8) is 0 Å². The Balaban J connectivity index is 2.42. The summed E-state index contributed by atoms with van der Waals surface area (Å²) in [5, 5.41) is 10.9. The van der Waals surface area contributed by atoms with E-state index in [1.807, 2.05) is 0 Å². The second-order valence-corrected chi connectivity index (χ2v) is 2.51. The maximum absolute atomic E-state index is 11.8. The van der Waals surface area contributed by atoms with Crippen LogP contribution in [0.4, 0.5) is 19.1 Å². The Hall–Kier alpha value is -1.37. The fraction of sp³-hybridized carbons (Fsp3) is 0.429. The largest absolute Gasteiger partial charge is 0.416 e. The number of nitrogens with one attached hydrogen (secondary N) is 1. The third-order valence-corrected chi connectivity index (χ3v) is 1.40. The lowest BCUT2D eigenvalue weighted by Crippen LogP contribution is -2.35. The van der Waals surface area contributed by atoms with Gasteiger partial charge >= 0.3 is 6.18 Å². The van der Waals surface area contributed by atoms with Crippen molar-refractivity contribution in [2.24, 2.45) is 0 Å². The monoisotopic (exact) mass is 207 g/mol. The zero-order valence-electron chi connectivity index (χ0n) is 6.99. The summed E-state index contributed by atoms with van der Waals surface area (Å²) in [6, 6.07) is 1.53. The summed E-state index contributed by atoms with van der Waals surface area (Å²) in [6.45, 7) is -0.659. The van der Waals surface area contributed by atoms with E-state index in [2.05, 4.69) is 15.3 Å². The molecule has 0 aromatic carbocycles. The Morgan fingerprint density at radius 2 is 1.93 bits per heavy atom. The molecule has 0 aliphatic carbocycles. The number of hydrogen-bond acceptors (Lipinski definition) is 4. The molecule has 2 N–H and O–H groups in total. The number of halogens is 3. The van der Waals surface area contributed by atoms with Gasteiger partial charge in [0.25, 0.3) is 0 Å². The first-order chi connectivity index (χ1) is 6.50. The molecule has 0 bridgehead atoms. The first kappa shape index (κ1) is 10.7. The van der Waals surface area contributed by atoms with Crippen LogP contribution in [0.3, 0.4) is 0 Å². The first-order valence-corrected chi connectivity index (χ1v) is 3.76. The van der Waals surface area contributed by atoms with Crippen molar-refractivity contribution in [1.29, 1.82) is 0 Å². The molecule has 0 saturated carbocycles. The van der Waals surface area contributed by atoms with E-state index in [0.29, 0.717) is 0 Å². The van der Waals surface area contributed by atoms with E-state index in [9.17, 15) is 13.2 Å². The molecule has 14 heavy (non-hydrogen) atoms. The lowest BCUT2D eigenvalue weighted by atomic mass is 10.3. The van der Waals surface area contributed by atoms with E-state index in [0.717, 1.165) is 0 Å². The quantitative estimate of drug-likeness (QED) is 0.770. The molecule has 0 unspecified atom stereocenters. The van der Waals surface area contributed by atoms with E-state index in [1.54, 1.807) is 0 Å². The third kappa shape index (κ3) is 3.17. The smallest absolute Gasteiger partial charge is 0.382 e. The van der Waals surface area contributed by atoms with E-state index in [-0.39, 0.29) is 5.95 Å². The van der Waals surface area contributed by atoms with Gasteiger partial charge in [0, 0.05) is 12.4 Å². The van der Waals surface area contributed by atoms with Gasteiger partial charge in [0.1, 0.15) is 0 Å². The molecule has 78 valence electrons. The summed E-state index contributed by atoms with van der Waals surface area (Å²) in [6.07, 6.45) is -4.27. The molecular weight excluding hydrogens is 199 g/mol. The average molecular weight is 207 g/mol. The highest BCUT2D eigenvalue weighted by Gasteiger charge is 2.37. The zero-order valence-corrected chi connectivity index (χ0v) is 6.99. The molecule has 0 spiro atoms. The Morgan fingerprint density at radius 3 is 2.43 bits per heavy atom. The van der Waals surface area contributed by atoms with Crippen LogP contribution in [0.15, 0.2) is 18.5 Å². The number of alkyl halides is 3. The summed E-state index contributed by atoms with van der Waals surface area (Å²) < 4.78 is 35.5. The minimum absolute atomic E-state index is 0.0517. The number of aliphatic hydroxyl groups is 1. The Kier molecular flexibility index (Phi) is 3.23. The summed E-state index contributed by atoms with van der Waals surface area (Å²) in [7, 11) is 0. The van der Waals surface area contributed by atoms with Gasteiger partial charge in [-0.25, -0.2) is 9.97 Å². The van der Waals surface area contributed by atoms with Crippen LogP contribution in [0.25, 0.3) is 0 Å². The zero-order chi connectivity index (χ0) is 10.6. The SMILES string of the molecule is O[C@H](CNc1ncccn1)C(F)(F)F. The number of nitrogens with zero attached hydrogens (tertiary/aromatic N) is 2. The van der Waals surface area contributed by atoms with E-state index >= 15 is 0 Å². The van der Waals surface area contributed by atoms with Gasteiger partial charge in [-0.15, -0.1) is 0 Å². The van der Waals surface area contributed by atoms with Crippen LogP contribution in [0.1, 0.15) is 0 Å². The van der Waals surface area contributed by atoms with Gasteiger partial charge in [0.05, 0.1) is 6.54 Å². The molecule has 1 heterocycles. The highest BCUT2D eigenvalue weighted by Crippen LogP contribution is 2.19. The summed E-state index contributed by atoms with van der Waals surface area (Å²) in [5.74, 6) is 0.0517. The van der Waals surface area contributed by atoms with Crippen molar-refractivity contribution in [3.8, 4) is 0 Å². The van der Waals surface area contributed by atoms with Gasteiger partial charge in [0.15, 0.2) is 6.10 Å². The number of aromatic nitrogens is 2. The second kappa shape index (κ2) is 4.23. The molecule has 0 aliphatic rings. The standard InChI is InChI=1S/C7H8F3N3O/c8-7(9,10)5(14)4-13-6-11-2-1-3-12-6/h1-3,5,14H,4H2,(H,11,12,13)/t5-/m1/s1. The van der Waals surface area contributed by atoms with Crippen LogP contribution in [-0.2, 0) is 0 Å². The van der Waals surface area contributed by atoms with E-state index in [1.165, 1.54) is 18.5 Å². The molecule has 4 nitrogen and oxygen atoms in total. The fourth-order valence-electron chi connectivity index (χ4n) is 0.694. The van der Waals surface area contributed by atoms with Crippen LogP contribution in [0, 0.1) is 0 Å². The van der Waals surface area contributed by atoms with Crippen LogP contribution in [0.2, 0.25) is 0 Å². The Labute approximate surface area is 77.8 Å². The van der Waals surface area contributed by atoms with Crippen LogP contribution < -0.4 is 5.32 Å². The van der Waals surface area contributed by atoms with Gasteiger partial charge in [-0.3, -0.25) is 0 Å². The van der Waals surface area contributed by atoms with Gasteiger partial charge in [-0.05, 0) is 6.07 Å². The van der Waals surface area contributed by atoms with Gasteiger partial charge in [-0.2, -0.15) is 13.2 Å². The Bertz CT molecular complexity index is 277. The predicted molar refractivity (Wildman–Crippen MR) is 42.6 cm³/mol. The highest BCUT2D eigenvalue weighted by atomic mass is 19.4. The van der Waals surface area contributed by atoms with Crippen molar-refractivity contribution in [2.45, 2.75) is 12.3 Å². The molecule has 0 saturated heterocycles. The van der Waals surface area contributed by atoms with Crippen molar-refractivity contribution < 1.29 is 18.3 Å². The average Bonchev–Trinajstić information content (AvgIpc) is 2.14. The summed E-state index contributed by atoms with van der Waals surface area (Å²) >= 11 is 0. The predicted octanol–water partition coefficient (Wildman–Crippen LogP) is 0.812. The maximum Gasteiger partial charge on any atom is 0.416 e. The van der Waals surface area contributed by atoms with Gasteiger partial charge in [0.2, 0.25) is 5.95 Å². The summed E-state index contributed by atoms with van der Waals surface area (Å²) in [4.78, 5) is 7.26. The van der Waals surface area contributed by atoms with Crippen LogP contribution in [0.5, 0.6) is 0 Å². The van der Waals surface area contributed by atoms with Gasteiger partial charge in [-0.1, -0.05) is 0 Å². The number of hydrogen-bond donors (Lipinski definition) is 2. The molecule has 0 aliphatic heterocycles. The highest BCUT2D eigenvalue weighted by molar-refractivity contribution is 5.22. The lowest BCUT2D eigenvalue weighted by Gasteiger charge is -2.14. The van der Waals surface area contributed by atoms with Crippen LogP contribution >= 0.6 is 0 Å². The number of aliphatic hydroxyl groups excluding tert-OH is 1. The molecular formula is C7H8F3N3O. The second-order valence-electron chi connectivity index (χ2n) is 2.51. The fourth-order valence-corrected chi connectivity index (χ4v) is 0.694. The summed E-state index contributed by atoms with van der Waals surface area (Å²) in [5.41, 5.74) is 0. The molecule has 1 rings (SSSR count). The minimum Gasteiger partial charge on any atom is -0.382 e. The molecule has 0 amide bonds. The number of anilines is 1. The third-order valence-electron chi connectivity index (χ3n) is 1.40. The minimum atomic E-state index is -4.62. The van der Waals surface area contributed by atoms with Crippen molar-refractivity contribution in [2.75, 3.05) is 11.9 Å². The molecule has 7 heteroatoms. The number of rotatable bonds is 3.